The molecule has 28 heavy (non-hydrogen) atoms. The molecule has 152 valence electrons. The van der Waals surface area contributed by atoms with Crippen LogP contribution in [-0.2, 0) is 11.8 Å². The van der Waals surface area contributed by atoms with Gasteiger partial charge in [0.1, 0.15) is 15.4 Å². The summed E-state index contributed by atoms with van der Waals surface area (Å²) in [5, 5.41) is 7.38. The zero-order valence-corrected chi connectivity index (χ0v) is 18.2. The molecule has 0 saturated heterocycles. The molecule has 8 nitrogen and oxygen atoms in total. The number of thiazole rings is 1. The fourth-order valence-electron chi connectivity index (χ4n) is 3.15. The van der Waals surface area contributed by atoms with Crippen LogP contribution in [0.15, 0.2) is 4.79 Å². The highest BCUT2D eigenvalue weighted by Crippen LogP contribution is 2.29. The first-order valence-electron chi connectivity index (χ1n) is 9.02. The number of hydrogen-bond donors (Lipinski definition) is 2. The molecule has 0 aliphatic carbocycles. The summed E-state index contributed by atoms with van der Waals surface area (Å²) < 4.78 is 1.26. The molecular formula is C19H27N5O3S. The number of amides is 2. The topological polar surface area (TPSA) is 120 Å². The summed E-state index contributed by atoms with van der Waals surface area (Å²) in [6, 6.07) is 0. The highest BCUT2D eigenvalue weighted by Gasteiger charge is 2.35. The van der Waals surface area contributed by atoms with E-state index in [4.69, 9.17) is 5.73 Å². The first-order chi connectivity index (χ1) is 12.9. The van der Waals surface area contributed by atoms with Crippen LogP contribution >= 0.6 is 11.3 Å². The number of aromatic nitrogens is 3. The van der Waals surface area contributed by atoms with Crippen molar-refractivity contribution in [2.45, 2.75) is 53.5 Å². The third-order valence-electron chi connectivity index (χ3n) is 4.69. The van der Waals surface area contributed by atoms with E-state index < -0.39 is 17.4 Å². The van der Waals surface area contributed by atoms with Crippen molar-refractivity contribution < 1.29 is 9.59 Å². The van der Waals surface area contributed by atoms with E-state index in [0.717, 1.165) is 16.9 Å². The molecule has 1 unspecified atom stereocenters. The van der Waals surface area contributed by atoms with Crippen molar-refractivity contribution in [3.8, 4) is 10.6 Å². The van der Waals surface area contributed by atoms with Crippen molar-refractivity contribution in [1.29, 1.82) is 0 Å². The number of nitrogens with two attached hydrogens (primary N) is 1. The summed E-state index contributed by atoms with van der Waals surface area (Å²) >= 11 is 1.12. The largest absolute Gasteiger partial charge is 0.368 e. The van der Waals surface area contributed by atoms with Crippen LogP contribution in [0, 0.1) is 26.7 Å². The Kier molecular flexibility index (Phi) is 6.08. The minimum Gasteiger partial charge on any atom is -0.368 e. The molecule has 0 spiro atoms. The van der Waals surface area contributed by atoms with Gasteiger partial charge in [-0.25, -0.2) is 9.67 Å². The lowest BCUT2D eigenvalue weighted by Crippen LogP contribution is -2.56. The van der Waals surface area contributed by atoms with E-state index in [2.05, 4.69) is 15.4 Å². The predicted molar refractivity (Wildman–Crippen MR) is 109 cm³/mol. The van der Waals surface area contributed by atoms with E-state index >= 15 is 0 Å². The second-order valence-electron chi connectivity index (χ2n) is 7.70. The van der Waals surface area contributed by atoms with Gasteiger partial charge in [0, 0.05) is 7.05 Å². The van der Waals surface area contributed by atoms with Gasteiger partial charge in [-0.15, -0.1) is 11.3 Å². The third kappa shape index (κ3) is 4.14. The van der Waals surface area contributed by atoms with Crippen LogP contribution in [0.2, 0.25) is 0 Å². The number of rotatable bonds is 6. The fraction of sp³-hybridized carbons (Fsp3) is 0.526. The van der Waals surface area contributed by atoms with Gasteiger partial charge < -0.3 is 11.1 Å². The van der Waals surface area contributed by atoms with Crippen LogP contribution < -0.4 is 16.6 Å². The summed E-state index contributed by atoms with van der Waals surface area (Å²) in [5.74, 6) is -0.851. The lowest BCUT2D eigenvalue weighted by molar-refractivity contribution is -0.124. The van der Waals surface area contributed by atoms with Crippen molar-refractivity contribution in [1.82, 2.24) is 20.1 Å². The van der Waals surface area contributed by atoms with Crippen LogP contribution in [0.4, 0.5) is 0 Å². The molecule has 2 aromatic rings. The van der Waals surface area contributed by atoms with Gasteiger partial charge in [0.25, 0.3) is 11.5 Å². The maximum Gasteiger partial charge on any atom is 0.277 e. The number of aryl methyl sites for hydroxylation is 3. The number of primary amides is 1. The molecule has 0 fully saturated rings. The van der Waals surface area contributed by atoms with Gasteiger partial charge in [-0.1, -0.05) is 13.8 Å². The summed E-state index contributed by atoms with van der Waals surface area (Å²) in [7, 11) is 1.58. The van der Waals surface area contributed by atoms with Crippen LogP contribution in [0.25, 0.3) is 10.6 Å². The van der Waals surface area contributed by atoms with Crippen LogP contribution in [0.3, 0.4) is 0 Å². The average Bonchev–Trinajstić information content (AvgIpc) is 2.94. The Hall–Kier alpha value is -2.55. The maximum absolute atomic E-state index is 12.9. The first kappa shape index (κ1) is 21.7. The summed E-state index contributed by atoms with van der Waals surface area (Å²) in [5.41, 5.74) is 6.47. The summed E-state index contributed by atoms with van der Waals surface area (Å²) in [6.45, 7) is 10.9. The maximum atomic E-state index is 12.9. The molecule has 2 aromatic heterocycles. The van der Waals surface area contributed by atoms with Gasteiger partial charge in [-0.2, -0.15) is 5.10 Å². The minimum atomic E-state index is -1.17. The van der Waals surface area contributed by atoms with Gasteiger partial charge in [-0.05, 0) is 45.6 Å². The lowest BCUT2D eigenvalue weighted by Gasteiger charge is -2.29. The quantitative estimate of drug-likeness (QED) is 0.760. The first-order valence-corrected chi connectivity index (χ1v) is 9.83. The summed E-state index contributed by atoms with van der Waals surface area (Å²) in [6.07, 6.45) is 0.419. The van der Waals surface area contributed by atoms with Crippen molar-refractivity contribution in [3.63, 3.8) is 0 Å². The third-order valence-corrected chi connectivity index (χ3v) is 5.87. The van der Waals surface area contributed by atoms with E-state index in [9.17, 15) is 14.4 Å². The minimum absolute atomic E-state index is 0.168. The highest BCUT2D eigenvalue weighted by molar-refractivity contribution is 7.17. The molecule has 0 radical (unpaired) electrons. The Labute approximate surface area is 168 Å². The van der Waals surface area contributed by atoms with E-state index in [0.29, 0.717) is 33.3 Å². The Morgan fingerprint density at radius 1 is 1.25 bits per heavy atom. The molecule has 0 aliphatic rings. The Morgan fingerprint density at radius 3 is 2.39 bits per heavy atom. The molecule has 0 aromatic carbocycles. The molecule has 9 heteroatoms. The van der Waals surface area contributed by atoms with Crippen molar-refractivity contribution >= 4 is 23.2 Å². The molecule has 2 rings (SSSR count). The van der Waals surface area contributed by atoms with Gasteiger partial charge in [0.15, 0.2) is 0 Å². The Balaban J connectivity index is 2.47. The normalized spacial score (nSPS) is 13.4. The van der Waals surface area contributed by atoms with Crippen molar-refractivity contribution in [3.05, 3.63) is 32.2 Å². The van der Waals surface area contributed by atoms with Crippen LogP contribution in [-0.4, -0.2) is 32.1 Å². The highest BCUT2D eigenvalue weighted by atomic mass is 32.1. The van der Waals surface area contributed by atoms with E-state index in [1.54, 1.807) is 20.9 Å². The molecule has 1 atom stereocenters. The monoisotopic (exact) mass is 405 g/mol. The Morgan fingerprint density at radius 2 is 1.86 bits per heavy atom. The number of carbonyl (C=O) groups is 2. The van der Waals surface area contributed by atoms with Crippen molar-refractivity contribution in [2.75, 3.05) is 0 Å². The van der Waals surface area contributed by atoms with Gasteiger partial charge in [0.05, 0.1) is 17.0 Å². The number of hydrogen-bond acceptors (Lipinski definition) is 6. The fourth-order valence-corrected chi connectivity index (χ4v) is 4.21. The smallest absolute Gasteiger partial charge is 0.277 e. The van der Waals surface area contributed by atoms with E-state index in [1.807, 2.05) is 27.7 Å². The molecule has 0 aliphatic heterocycles. The number of nitrogens with one attached hydrogen (secondary N) is 1. The molecule has 0 bridgehead atoms. The van der Waals surface area contributed by atoms with E-state index in [-0.39, 0.29) is 11.5 Å². The predicted octanol–water partition coefficient (Wildman–Crippen LogP) is 1.85. The van der Waals surface area contributed by atoms with Gasteiger partial charge in [-0.3, -0.25) is 14.4 Å². The van der Waals surface area contributed by atoms with Crippen molar-refractivity contribution in [2.24, 2.45) is 18.7 Å². The van der Waals surface area contributed by atoms with Gasteiger partial charge in [0.2, 0.25) is 5.91 Å². The molecule has 0 saturated carbocycles. The second kappa shape index (κ2) is 7.83. The molecule has 3 N–H and O–H groups in total. The molecular weight excluding hydrogens is 378 g/mol. The standard InChI is InChI=1S/C19H27N5O3S/c1-9(2)8-19(6,18(20)27)22-15(25)14-12(5)21-16(28-14)13-10(3)11(4)23-24(7)17(13)26/h9H,8H2,1-7H3,(H2,20,27)(H,22,25). The second-order valence-corrected chi connectivity index (χ2v) is 8.70. The molecule has 2 heterocycles. The average molecular weight is 406 g/mol. The SMILES string of the molecule is Cc1nc(-c2c(C)c(C)nn(C)c2=O)sc1C(=O)NC(C)(CC(C)C)C(N)=O. The number of nitrogens with zero attached hydrogens (tertiary/aromatic N) is 3. The lowest BCUT2D eigenvalue weighted by atomic mass is 9.90. The zero-order chi connectivity index (χ0) is 21.4. The Bertz CT molecular complexity index is 992. The summed E-state index contributed by atoms with van der Waals surface area (Å²) in [4.78, 5) is 42.2. The van der Waals surface area contributed by atoms with Crippen LogP contribution in [0.1, 0.15) is 53.8 Å². The van der Waals surface area contributed by atoms with E-state index in [1.165, 1.54) is 4.68 Å². The zero-order valence-electron chi connectivity index (χ0n) is 17.3. The van der Waals surface area contributed by atoms with Gasteiger partial charge >= 0.3 is 0 Å². The number of carbonyl (C=O) groups excluding carboxylic acids is 2. The molecule has 2 amide bonds. The van der Waals surface area contributed by atoms with Crippen LogP contribution in [0.5, 0.6) is 0 Å².